The van der Waals surface area contributed by atoms with Crippen LogP contribution < -0.4 is 9.47 Å². The van der Waals surface area contributed by atoms with Crippen LogP contribution in [0.3, 0.4) is 0 Å². The van der Waals surface area contributed by atoms with E-state index in [2.05, 4.69) is 39.8 Å². The van der Waals surface area contributed by atoms with Crippen LogP contribution in [0, 0.1) is 0 Å². The Morgan fingerprint density at radius 2 is 1.04 bits per heavy atom. The maximum Gasteiger partial charge on any atom is 0.519 e. The van der Waals surface area contributed by atoms with Crippen molar-refractivity contribution in [2.24, 2.45) is 0 Å². The van der Waals surface area contributed by atoms with Gasteiger partial charge in [-0.3, -0.25) is 0 Å². The number of ether oxygens (including phenoxy) is 2. The molecule has 0 fully saturated rings. The molecule has 0 saturated heterocycles. The van der Waals surface area contributed by atoms with E-state index in [1.54, 1.807) is 24.3 Å². The highest BCUT2D eigenvalue weighted by molar-refractivity contribution is 5.67. The molecule has 2 rings (SSSR count). The summed E-state index contributed by atoms with van der Waals surface area (Å²) < 4.78 is 10.4. The van der Waals surface area contributed by atoms with Crippen molar-refractivity contribution in [1.29, 1.82) is 0 Å². The summed E-state index contributed by atoms with van der Waals surface area (Å²) in [6.07, 6.45) is 5.31. The van der Waals surface area contributed by atoms with Crippen LogP contribution in [0.4, 0.5) is 4.79 Å². The maximum atomic E-state index is 11.9. The first-order chi connectivity index (χ1) is 12.4. The fourth-order valence-electron chi connectivity index (χ4n) is 2.24. The third kappa shape index (κ3) is 6.98. The van der Waals surface area contributed by atoms with Crippen molar-refractivity contribution in [3.8, 4) is 11.5 Å². The first-order valence-corrected chi connectivity index (χ1v) is 8.76. The lowest BCUT2D eigenvalue weighted by Gasteiger charge is -2.07. The third-order valence-corrected chi connectivity index (χ3v) is 3.74. The van der Waals surface area contributed by atoms with Crippen LogP contribution in [0.5, 0.6) is 11.5 Å². The van der Waals surface area contributed by atoms with Gasteiger partial charge in [-0.05, 0) is 75.9 Å². The fourth-order valence-corrected chi connectivity index (χ4v) is 2.24. The number of carbonyl (C=O) groups is 1. The molecular formula is C23H26O3. The van der Waals surface area contributed by atoms with Crippen LogP contribution in [0.2, 0.25) is 0 Å². The molecule has 3 heteroatoms. The highest BCUT2D eigenvalue weighted by Crippen LogP contribution is 2.17. The average Bonchev–Trinajstić information content (AvgIpc) is 2.60. The molecule has 0 bridgehead atoms. The zero-order valence-corrected chi connectivity index (χ0v) is 15.9. The first-order valence-electron chi connectivity index (χ1n) is 8.76. The van der Waals surface area contributed by atoms with E-state index in [1.165, 1.54) is 22.3 Å². The summed E-state index contributed by atoms with van der Waals surface area (Å²) in [5, 5.41) is 0. The number of rotatable bonds is 6. The zero-order chi connectivity index (χ0) is 18.9. The monoisotopic (exact) mass is 350 g/mol. The summed E-state index contributed by atoms with van der Waals surface area (Å²) in [5.41, 5.74) is 4.89. The molecule has 0 heterocycles. The average molecular weight is 350 g/mol. The van der Waals surface area contributed by atoms with E-state index in [-0.39, 0.29) is 0 Å². The number of hydrogen-bond acceptors (Lipinski definition) is 3. The summed E-state index contributed by atoms with van der Waals surface area (Å²) in [6, 6.07) is 14.9. The Labute approximate surface area is 156 Å². The van der Waals surface area contributed by atoms with Crippen molar-refractivity contribution >= 4 is 6.16 Å². The molecule has 3 nitrogen and oxygen atoms in total. The lowest BCUT2D eigenvalue weighted by molar-refractivity contribution is 0.152. The molecule has 0 amide bonds. The first kappa shape index (κ1) is 19.5. The van der Waals surface area contributed by atoms with Gasteiger partial charge in [0.15, 0.2) is 0 Å². The van der Waals surface area contributed by atoms with Crippen molar-refractivity contribution in [1.82, 2.24) is 0 Å². The molecule has 26 heavy (non-hydrogen) atoms. The molecule has 0 aromatic heterocycles. The standard InChI is InChI=1S/C23H26O3/c1-17(2)5-7-19-9-13-21(14-10-19)25-23(24)26-22-15-11-20(12-16-22)8-6-18(3)4/h5-6,9-16H,7-8H2,1-4H3. The molecule has 0 aliphatic carbocycles. The normalized spacial score (nSPS) is 10.0. The SMILES string of the molecule is CC(C)=CCc1ccc(OC(=O)Oc2ccc(CC=C(C)C)cc2)cc1. The lowest BCUT2D eigenvalue weighted by Crippen LogP contribution is -2.13. The summed E-state index contributed by atoms with van der Waals surface area (Å²) >= 11 is 0. The molecule has 0 atom stereocenters. The van der Waals surface area contributed by atoms with Crippen LogP contribution >= 0.6 is 0 Å². The van der Waals surface area contributed by atoms with Gasteiger partial charge in [-0.1, -0.05) is 47.6 Å². The minimum absolute atomic E-state index is 0.469. The molecule has 0 aliphatic rings. The summed E-state index contributed by atoms with van der Waals surface area (Å²) in [6.45, 7) is 8.28. The van der Waals surface area contributed by atoms with Gasteiger partial charge in [-0.25, -0.2) is 4.79 Å². The molecule has 2 aromatic carbocycles. The number of allylic oxidation sites excluding steroid dienone is 4. The van der Waals surface area contributed by atoms with Crippen molar-refractivity contribution < 1.29 is 14.3 Å². The van der Waals surface area contributed by atoms with Gasteiger partial charge in [0.05, 0.1) is 0 Å². The van der Waals surface area contributed by atoms with Crippen LogP contribution in [0.1, 0.15) is 38.8 Å². The van der Waals surface area contributed by atoms with Crippen LogP contribution in [0.15, 0.2) is 71.8 Å². The topological polar surface area (TPSA) is 35.5 Å². The summed E-state index contributed by atoms with van der Waals surface area (Å²) in [5.74, 6) is 0.937. The third-order valence-electron chi connectivity index (χ3n) is 3.74. The van der Waals surface area contributed by atoms with Crippen LogP contribution in [-0.2, 0) is 12.8 Å². The van der Waals surface area contributed by atoms with E-state index in [4.69, 9.17) is 9.47 Å². The van der Waals surface area contributed by atoms with Gasteiger partial charge in [-0.15, -0.1) is 0 Å². The second-order valence-corrected chi connectivity index (χ2v) is 6.71. The smallest absolute Gasteiger partial charge is 0.395 e. The van der Waals surface area contributed by atoms with Gasteiger partial charge in [0.1, 0.15) is 11.5 Å². The van der Waals surface area contributed by atoms with E-state index in [1.807, 2.05) is 24.3 Å². The predicted molar refractivity (Wildman–Crippen MR) is 106 cm³/mol. The minimum Gasteiger partial charge on any atom is -0.395 e. The molecule has 136 valence electrons. The second-order valence-electron chi connectivity index (χ2n) is 6.71. The van der Waals surface area contributed by atoms with Crippen molar-refractivity contribution in [2.45, 2.75) is 40.5 Å². The molecule has 0 spiro atoms. The van der Waals surface area contributed by atoms with E-state index in [9.17, 15) is 4.79 Å². The Hall–Kier alpha value is -2.81. The van der Waals surface area contributed by atoms with Gasteiger partial charge >= 0.3 is 6.16 Å². The van der Waals surface area contributed by atoms with Gasteiger partial charge < -0.3 is 9.47 Å². The molecule has 0 radical (unpaired) electrons. The number of carbonyl (C=O) groups excluding carboxylic acids is 1. The van der Waals surface area contributed by atoms with Crippen molar-refractivity contribution in [2.75, 3.05) is 0 Å². The summed E-state index contributed by atoms with van der Waals surface area (Å²) in [7, 11) is 0. The molecule has 0 unspecified atom stereocenters. The molecule has 0 aliphatic heterocycles. The number of hydrogen-bond donors (Lipinski definition) is 0. The van der Waals surface area contributed by atoms with E-state index >= 15 is 0 Å². The van der Waals surface area contributed by atoms with Gasteiger partial charge in [0, 0.05) is 0 Å². The van der Waals surface area contributed by atoms with Gasteiger partial charge in [0.2, 0.25) is 0 Å². The maximum absolute atomic E-state index is 11.9. The van der Waals surface area contributed by atoms with Crippen molar-refractivity contribution in [3.63, 3.8) is 0 Å². The quantitative estimate of drug-likeness (QED) is 0.349. The van der Waals surface area contributed by atoms with E-state index in [0.29, 0.717) is 11.5 Å². The molecular weight excluding hydrogens is 324 g/mol. The summed E-state index contributed by atoms with van der Waals surface area (Å²) in [4.78, 5) is 11.9. The van der Waals surface area contributed by atoms with Crippen LogP contribution in [0.25, 0.3) is 0 Å². The Kier molecular flexibility index (Phi) is 7.22. The fraction of sp³-hybridized carbons (Fsp3) is 0.261. The highest BCUT2D eigenvalue weighted by Gasteiger charge is 2.08. The number of benzene rings is 2. The Morgan fingerprint density at radius 1 is 0.692 bits per heavy atom. The Morgan fingerprint density at radius 3 is 1.35 bits per heavy atom. The molecule has 0 N–H and O–H groups in total. The van der Waals surface area contributed by atoms with Crippen molar-refractivity contribution in [3.05, 3.63) is 83.0 Å². The van der Waals surface area contributed by atoms with Gasteiger partial charge in [0.25, 0.3) is 0 Å². The molecule has 2 aromatic rings. The Bertz CT molecular complexity index is 706. The second kappa shape index (κ2) is 9.62. The van der Waals surface area contributed by atoms with Gasteiger partial charge in [-0.2, -0.15) is 0 Å². The zero-order valence-electron chi connectivity index (χ0n) is 15.9. The predicted octanol–water partition coefficient (Wildman–Crippen LogP) is 6.28. The molecule has 0 saturated carbocycles. The Balaban J connectivity index is 1.88. The van der Waals surface area contributed by atoms with Crippen LogP contribution in [-0.4, -0.2) is 6.16 Å². The van der Waals surface area contributed by atoms with E-state index in [0.717, 1.165) is 12.8 Å². The largest absolute Gasteiger partial charge is 0.519 e. The highest BCUT2D eigenvalue weighted by atomic mass is 16.7. The minimum atomic E-state index is -0.737. The van der Waals surface area contributed by atoms with E-state index < -0.39 is 6.16 Å². The lowest BCUT2D eigenvalue weighted by atomic mass is 10.1.